The van der Waals surface area contributed by atoms with Crippen LogP contribution >= 0.6 is 0 Å². The van der Waals surface area contributed by atoms with Crippen molar-refractivity contribution in [3.05, 3.63) is 30.5 Å². The van der Waals surface area contributed by atoms with Gasteiger partial charge in [0, 0.05) is 43.9 Å². The molecule has 3 heterocycles. The highest BCUT2D eigenvalue weighted by atomic mass is 16.6. The molecule has 2 aliphatic heterocycles. The summed E-state index contributed by atoms with van der Waals surface area (Å²) in [5, 5.41) is 12.1. The Morgan fingerprint density at radius 3 is 2.53 bits per heavy atom. The van der Waals surface area contributed by atoms with Gasteiger partial charge in [0.05, 0.1) is 17.8 Å². The van der Waals surface area contributed by atoms with Crippen LogP contribution in [0.5, 0.6) is 0 Å². The molecular formula is C34H53BN6O6. The minimum Gasteiger partial charge on any atom is -0.458 e. The van der Waals surface area contributed by atoms with Crippen LogP contribution in [0.25, 0.3) is 11.3 Å². The van der Waals surface area contributed by atoms with E-state index in [1.807, 2.05) is 66.0 Å². The summed E-state index contributed by atoms with van der Waals surface area (Å²) in [6.07, 6.45) is 3.33. The van der Waals surface area contributed by atoms with Gasteiger partial charge in [-0.2, -0.15) is 0 Å². The Morgan fingerprint density at radius 2 is 1.85 bits per heavy atom. The zero-order chi connectivity index (χ0) is 34.5. The molecule has 3 N–H and O–H groups in total. The third kappa shape index (κ3) is 8.00. The van der Waals surface area contributed by atoms with E-state index in [1.165, 1.54) is 0 Å². The second kappa shape index (κ2) is 15.2. The van der Waals surface area contributed by atoms with Crippen LogP contribution in [0.15, 0.2) is 30.5 Å². The summed E-state index contributed by atoms with van der Waals surface area (Å²) in [4.78, 5) is 42.2. The van der Waals surface area contributed by atoms with Crippen molar-refractivity contribution in [3.8, 4) is 11.3 Å². The number of aryl methyl sites for hydroxylation is 1. The molecule has 1 amide bonds. The lowest BCUT2D eigenvalue weighted by Gasteiger charge is -2.40. The number of benzene rings is 1. The van der Waals surface area contributed by atoms with Gasteiger partial charge in [-0.25, -0.2) is 4.79 Å². The number of fused-ring (bicyclic) bond motifs is 1. The lowest BCUT2D eigenvalue weighted by Crippen LogP contribution is -2.57. The monoisotopic (exact) mass is 652 g/mol. The first kappa shape index (κ1) is 36.4. The SMILES string of the molecule is B[C@@H]1[C@@H](C)C(=O)[C@@H](C)C(=O)O[C@H](CC)[C@@]2(C)OC(=O)N(CCCCn3cc(-c4cccc(N)c4)nn3)[C@@H]2CNC[C@H](C)C[C@@]1(C)OC. The van der Waals surface area contributed by atoms with Crippen LogP contribution in [0.1, 0.15) is 67.2 Å². The number of hydrogen-bond donors (Lipinski definition) is 2. The van der Waals surface area contributed by atoms with Gasteiger partial charge in [-0.3, -0.25) is 19.2 Å². The highest BCUT2D eigenvalue weighted by Gasteiger charge is 2.56. The molecule has 2 fully saturated rings. The Balaban J connectivity index is 1.50. The lowest BCUT2D eigenvalue weighted by molar-refractivity contribution is -0.169. The molecule has 0 radical (unpaired) electrons. The van der Waals surface area contributed by atoms with Crippen molar-refractivity contribution in [1.82, 2.24) is 25.2 Å². The van der Waals surface area contributed by atoms with E-state index >= 15 is 0 Å². The standard InChI is InChI=1S/C34H53BN6O6/c1-8-28-34(6)27(19-37-18-21(2)17-33(5,45-7)30(35)22(3)29(42)23(4)31(43)46-28)41(32(44)47-34)15-10-9-14-40-20-26(38-39-40)24-12-11-13-25(36)16-24/h11-13,16,20-23,27-28,30,37H,8-10,14-15,17-19,35-36H2,1-7H3/t21-,22+,23-,27-,28-,30-,33-,34+/m1/s1. The van der Waals surface area contributed by atoms with E-state index in [9.17, 15) is 14.4 Å². The Kier molecular flexibility index (Phi) is 11.8. The van der Waals surface area contributed by atoms with E-state index in [0.717, 1.165) is 17.7 Å². The van der Waals surface area contributed by atoms with Crippen molar-refractivity contribution < 1.29 is 28.6 Å². The number of unbranched alkanes of at least 4 members (excludes halogenated alkanes) is 1. The van der Waals surface area contributed by atoms with Gasteiger partial charge in [-0.15, -0.1) is 5.10 Å². The molecule has 2 aromatic rings. The topological polar surface area (TPSA) is 151 Å². The first-order chi connectivity index (χ1) is 22.2. The number of ether oxygens (including phenoxy) is 3. The molecule has 0 aliphatic carbocycles. The molecule has 2 aliphatic rings. The molecule has 0 saturated carbocycles. The molecule has 8 atom stereocenters. The number of nitrogens with two attached hydrogens (primary N) is 1. The zero-order valence-corrected chi connectivity index (χ0v) is 29.3. The van der Waals surface area contributed by atoms with Crippen molar-refractivity contribution in [1.29, 1.82) is 0 Å². The summed E-state index contributed by atoms with van der Waals surface area (Å²) < 4.78 is 19.9. The molecule has 2 saturated heterocycles. The number of rotatable bonds is 8. The number of amides is 1. The summed E-state index contributed by atoms with van der Waals surface area (Å²) in [6.45, 7) is 13.6. The number of carbonyl (C=O) groups excluding carboxylic acids is 3. The summed E-state index contributed by atoms with van der Waals surface area (Å²) in [7, 11) is 3.69. The molecule has 0 spiro atoms. The maximum atomic E-state index is 13.6. The number of carbonyl (C=O) groups is 3. The van der Waals surface area contributed by atoms with E-state index in [2.05, 4.69) is 22.6 Å². The molecule has 1 aromatic heterocycles. The summed E-state index contributed by atoms with van der Waals surface area (Å²) in [5.74, 6) is -2.08. The number of ketones is 1. The predicted molar refractivity (Wildman–Crippen MR) is 182 cm³/mol. The van der Waals surface area contributed by atoms with Crippen LogP contribution < -0.4 is 11.1 Å². The van der Waals surface area contributed by atoms with E-state index in [0.29, 0.717) is 51.1 Å². The van der Waals surface area contributed by atoms with E-state index < -0.39 is 47.2 Å². The van der Waals surface area contributed by atoms with Crippen LogP contribution in [-0.2, 0) is 30.3 Å². The maximum absolute atomic E-state index is 13.6. The van der Waals surface area contributed by atoms with Crippen LogP contribution in [0.3, 0.4) is 0 Å². The zero-order valence-electron chi connectivity index (χ0n) is 29.3. The number of esters is 1. The smallest absolute Gasteiger partial charge is 0.410 e. The summed E-state index contributed by atoms with van der Waals surface area (Å²) in [5.41, 5.74) is 6.56. The Bertz CT molecular complexity index is 1410. The predicted octanol–water partition coefficient (Wildman–Crippen LogP) is 3.51. The maximum Gasteiger partial charge on any atom is 0.410 e. The molecule has 1 aromatic carbocycles. The molecule has 12 nitrogen and oxygen atoms in total. The Hall–Kier alpha value is -3.45. The Morgan fingerprint density at radius 1 is 1.13 bits per heavy atom. The molecule has 0 bridgehead atoms. The van der Waals surface area contributed by atoms with Gasteiger partial charge in [-0.1, -0.05) is 38.1 Å². The van der Waals surface area contributed by atoms with Gasteiger partial charge in [0.25, 0.3) is 0 Å². The minimum absolute atomic E-state index is 0.126. The number of Topliss-reactive ketones (excluding diaryl/α,β-unsaturated/α-hetero) is 1. The fourth-order valence-corrected chi connectivity index (χ4v) is 7.20. The molecule has 47 heavy (non-hydrogen) atoms. The first-order valence-electron chi connectivity index (χ1n) is 17.0. The van der Waals surface area contributed by atoms with Gasteiger partial charge < -0.3 is 25.3 Å². The second-order valence-corrected chi connectivity index (χ2v) is 14.0. The molecule has 258 valence electrons. The number of nitrogens with zero attached hydrogens (tertiary/aromatic N) is 4. The number of methoxy groups -OCH3 is 1. The van der Waals surface area contributed by atoms with E-state index in [1.54, 1.807) is 23.6 Å². The minimum atomic E-state index is -1.11. The molecule has 0 unspecified atom stereocenters. The Labute approximate surface area is 279 Å². The number of nitrogen functional groups attached to an aromatic ring is 1. The highest BCUT2D eigenvalue weighted by Crippen LogP contribution is 2.39. The van der Waals surface area contributed by atoms with Gasteiger partial charge in [0.2, 0.25) is 0 Å². The number of nitrogens with one attached hydrogen (secondary N) is 1. The van der Waals surface area contributed by atoms with Crippen LogP contribution in [0.4, 0.5) is 10.5 Å². The van der Waals surface area contributed by atoms with E-state index in [4.69, 9.17) is 19.9 Å². The number of hydrogen-bond acceptors (Lipinski definition) is 10. The molecule has 13 heteroatoms. The molecule has 4 rings (SSSR count). The highest BCUT2D eigenvalue weighted by molar-refractivity contribution is 6.15. The first-order valence-corrected chi connectivity index (χ1v) is 17.0. The van der Waals surface area contributed by atoms with Gasteiger partial charge in [-0.05, 0) is 76.9 Å². The number of aromatic nitrogens is 3. The summed E-state index contributed by atoms with van der Waals surface area (Å²) >= 11 is 0. The van der Waals surface area contributed by atoms with Gasteiger partial charge in [0.15, 0.2) is 5.60 Å². The van der Waals surface area contributed by atoms with Crippen LogP contribution in [0, 0.1) is 17.8 Å². The third-order valence-corrected chi connectivity index (χ3v) is 10.6. The van der Waals surface area contributed by atoms with Crippen molar-refractivity contribution in [2.45, 2.75) is 103 Å². The van der Waals surface area contributed by atoms with Crippen molar-refractivity contribution in [2.24, 2.45) is 17.8 Å². The summed E-state index contributed by atoms with van der Waals surface area (Å²) in [6, 6.07) is 7.13. The van der Waals surface area contributed by atoms with Crippen LogP contribution in [-0.4, -0.2) is 95.7 Å². The number of anilines is 1. The van der Waals surface area contributed by atoms with E-state index in [-0.39, 0.29) is 17.5 Å². The van der Waals surface area contributed by atoms with Crippen molar-refractivity contribution in [2.75, 3.05) is 32.5 Å². The van der Waals surface area contributed by atoms with Crippen molar-refractivity contribution in [3.63, 3.8) is 0 Å². The second-order valence-electron chi connectivity index (χ2n) is 14.0. The average Bonchev–Trinajstić information content (AvgIpc) is 3.61. The quantitative estimate of drug-likeness (QED) is 0.143. The largest absolute Gasteiger partial charge is 0.458 e. The lowest BCUT2D eigenvalue weighted by atomic mass is 9.62. The van der Waals surface area contributed by atoms with Gasteiger partial charge in [0.1, 0.15) is 31.3 Å². The van der Waals surface area contributed by atoms with Crippen LogP contribution in [0.2, 0.25) is 5.82 Å². The normalized spacial score (nSPS) is 32.7. The molecular weight excluding hydrogens is 599 g/mol. The van der Waals surface area contributed by atoms with Crippen molar-refractivity contribution >= 4 is 31.4 Å². The fraction of sp³-hybridized carbons (Fsp3) is 0.676. The number of cyclic esters (lactones) is 1. The average molecular weight is 653 g/mol. The van der Waals surface area contributed by atoms with Gasteiger partial charge >= 0.3 is 12.1 Å². The fourth-order valence-electron chi connectivity index (χ4n) is 7.20. The third-order valence-electron chi connectivity index (χ3n) is 10.6.